The number of benzene rings is 1. The topological polar surface area (TPSA) is 75.0 Å². The third-order valence-corrected chi connectivity index (χ3v) is 3.50. The molecule has 5 heteroatoms. The number of esters is 1. The average Bonchev–Trinajstić information content (AvgIpc) is 3.05. The number of cyclic esters (lactones) is 1. The van der Waals surface area contributed by atoms with Crippen molar-refractivity contribution in [2.24, 2.45) is 0 Å². The zero-order valence-corrected chi connectivity index (χ0v) is 11.0. The van der Waals surface area contributed by atoms with E-state index < -0.39 is 0 Å². The smallest absolute Gasteiger partial charge is 0.334 e. The van der Waals surface area contributed by atoms with Crippen molar-refractivity contribution in [2.45, 2.75) is 13.3 Å². The quantitative estimate of drug-likeness (QED) is 0.648. The third-order valence-electron chi connectivity index (χ3n) is 3.50. The average molecular weight is 270 g/mol. The summed E-state index contributed by atoms with van der Waals surface area (Å²) >= 11 is 0. The molecule has 0 radical (unpaired) electrons. The molecule has 0 amide bonds. The van der Waals surface area contributed by atoms with Gasteiger partial charge in [0.25, 0.3) is 5.56 Å². The second kappa shape index (κ2) is 4.85. The highest BCUT2D eigenvalue weighted by Gasteiger charge is 2.25. The van der Waals surface area contributed by atoms with Gasteiger partial charge >= 0.3 is 5.97 Å². The Bertz CT molecular complexity index is 738. The Balaban J connectivity index is 2.18. The molecule has 102 valence electrons. The number of rotatable bonds is 2. The van der Waals surface area contributed by atoms with Crippen molar-refractivity contribution in [3.63, 3.8) is 0 Å². The molecule has 5 nitrogen and oxygen atoms in total. The van der Waals surface area contributed by atoms with Crippen LogP contribution in [0, 0.1) is 0 Å². The number of hydrogen-bond acceptors (Lipinski definition) is 3. The summed E-state index contributed by atoms with van der Waals surface area (Å²) in [6.45, 7) is 2.17. The molecule has 0 spiro atoms. The highest BCUT2D eigenvalue weighted by Crippen LogP contribution is 2.29. The van der Waals surface area contributed by atoms with Crippen LogP contribution in [0.1, 0.15) is 18.9 Å². The summed E-state index contributed by atoms with van der Waals surface area (Å²) in [6.07, 6.45) is 0.545. The molecule has 1 aliphatic heterocycles. The molecule has 0 saturated carbocycles. The van der Waals surface area contributed by atoms with E-state index >= 15 is 0 Å². The zero-order valence-electron chi connectivity index (χ0n) is 11.0. The lowest BCUT2D eigenvalue weighted by Gasteiger charge is -2.04. The summed E-state index contributed by atoms with van der Waals surface area (Å²) in [6, 6.07) is 9.53. The lowest BCUT2D eigenvalue weighted by molar-refractivity contribution is -0.135. The van der Waals surface area contributed by atoms with E-state index in [1.54, 1.807) is 6.92 Å². The van der Waals surface area contributed by atoms with Gasteiger partial charge in [-0.2, -0.15) is 0 Å². The third kappa shape index (κ3) is 1.97. The Morgan fingerprint density at radius 1 is 1.15 bits per heavy atom. The molecule has 1 aromatic heterocycles. The monoisotopic (exact) mass is 270 g/mol. The fraction of sp³-hybridized carbons (Fsp3) is 0.200. The Morgan fingerprint density at radius 3 is 2.55 bits per heavy atom. The number of aromatic amines is 2. The number of carbonyl (C=O) groups excluding carboxylic acids is 1. The minimum Gasteiger partial charge on any atom is -0.462 e. The van der Waals surface area contributed by atoms with E-state index in [9.17, 15) is 9.59 Å². The summed E-state index contributed by atoms with van der Waals surface area (Å²) in [5, 5.41) is 5.47. The van der Waals surface area contributed by atoms with E-state index in [0.717, 1.165) is 5.56 Å². The fourth-order valence-corrected chi connectivity index (χ4v) is 2.46. The maximum atomic E-state index is 12.0. The molecule has 0 bridgehead atoms. The first-order valence-electron chi connectivity index (χ1n) is 6.42. The normalized spacial score (nSPS) is 17.1. The van der Waals surface area contributed by atoms with E-state index in [0.29, 0.717) is 35.4 Å². The Kier molecular flexibility index (Phi) is 3.02. The van der Waals surface area contributed by atoms with Crippen LogP contribution in [0.25, 0.3) is 16.8 Å². The van der Waals surface area contributed by atoms with Gasteiger partial charge in [0.15, 0.2) is 0 Å². The van der Waals surface area contributed by atoms with E-state index in [2.05, 4.69) is 10.2 Å². The molecule has 1 aliphatic rings. The van der Waals surface area contributed by atoms with Crippen LogP contribution in [-0.4, -0.2) is 22.8 Å². The first-order valence-corrected chi connectivity index (χ1v) is 6.42. The van der Waals surface area contributed by atoms with Crippen LogP contribution < -0.4 is 5.56 Å². The van der Waals surface area contributed by atoms with Crippen LogP contribution in [0.3, 0.4) is 0 Å². The van der Waals surface area contributed by atoms with Crippen molar-refractivity contribution in [3.8, 4) is 11.3 Å². The van der Waals surface area contributed by atoms with Gasteiger partial charge in [-0.1, -0.05) is 30.3 Å². The van der Waals surface area contributed by atoms with Crippen molar-refractivity contribution in [2.75, 3.05) is 6.61 Å². The maximum Gasteiger partial charge on any atom is 0.334 e. The van der Waals surface area contributed by atoms with Crippen molar-refractivity contribution < 1.29 is 9.53 Å². The standard InChI is InChI=1S/C15H14N2O3/c1-9(11-7-8-20-15(11)19)12-13(16-17-14(12)18)10-5-3-2-4-6-10/h2-6H,7-8H2,1H3,(H2,16,17,18)/b11-9+. The molecule has 0 atom stereocenters. The van der Waals surface area contributed by atoms with E-state index in [4.69, 9.17) is 4.74 Å². The minimum atomic E-state index is -0.331. The Hall–Kier alpha value is -2.56. The fourth-order valence-electron chi connectivity index (χ4n) is 2.46. The van der Waals surface area contributed by atoms with Crippen molar-refractivity contribution in [1.82, 2.24) is 10.2 Å². The van der Waals surface area contributed by atoms with Crippen LogP contribution in [0.4, 0.5) is 0 Å². The molecule has 2 heterocycles. The Morgan fingerprint density at radius 2 is 1.90 bits per heavy atom. The van der Waals surface area contributed by atoms with Gasteiger partial charge in [-0.15, -0.1) is 0 Å². The van der Waals surface area contributed by atoms with Crippen LogP contribution >= 0.6 is 0 Å². The van der Waals surface area contributed by atoms with Gasteiger partial charge in [0.1, 0.15) is 0 Å². The molecule has 1 fully saturated rings. The molecule has 1 saturated heterocycles. The SMILES string of the molecule is C/C(=C1/CCOC1=O)c1c(-c2ccccc2)[nH][nH]c1=O. The number of ether oxygens (including phenoxy) is 1. The van der Waals surface area contributed by atoms with Gasteiger partial charge in [0, 0.05) is 17.6 Å². The number of aromatic nitrogens is 2. The predicted molar refractivity (Wildman–Crippen MR) is 75.0 cm³/mol. The summed E-state index contributed by atoms with van der Waals surface area (Å²) in [7, 11) is 0. The molecule has 2 aromatic rings. The van der Waals surface area contributed by atoms with Crippen LogP contribution in [0.2, 0.25) is 0 Å². The minimum absolute atomic E-state index is 0.228. The van der Waals surface area contributed by atoms with Crippen molar-refractivity contribution in [1.29, 1.82) is 0 Å². The lowest BCUT2D eigenvalue weighted by atomic mass is 9.98. The van der Waals surface area contributed by atoms with Gasteiger partial charge < -0.3 is 4.74 Å². The molecule has 3 rings (SSSR count). The van der Waals surface area contributed by atoms with Gasteiger partial charge in [-0.05, 0) is 12.5 Å². The first kappa shape index (κ1) is 12.5. The summed E-state index contributed by atoms with van der Waals surface area (Å²) in [4.78, 5) is 23.7. The largest absolute Gasteiger partial charge is 0.462 e. The first-order chi connectivity index (χ1) is 9.68. The number of allylic oxidation sites excluding steroid dienone is 1. The van der Waals surface area contributed by atoms with Gasteiger partial charge in [-0.3, -0.25) is 15.0 Å². The molecule has 0 unspecified atom stereocenters. The van der Waals surface area contributed by atoms with E-state index in [1.165, 1.54) is 0 Å². The molecule has 20 heavy (non-hydrogen) atoms. The number of carbonyl (C=O) groups is 1. The van der Waals surface area contributed by atoms with Crippen LogP contribution in [0.15, 0.2) is 40.7 Å². The van der Waals surface area contributed by atoms with Crippen LogP contribution in [-0.2, 0) is 9.53 Å². The van der Waals surface area contributed by atoms with Crippen LogP contribution in [0.5, 0.6) is 0 Å². The predicted octanol–water partition coefficient (Wildman–Crippen LogP) is 2.09. The van der Waals surface area contributed by atoms with Gasteiger partial charge in [0.05, 0.1) is 17.9 Å². The maximum absolute atomic E-state index is 12.0. The highest BCUT2D eigenvalue weighted by molar-refractivity contribution is 6.00. The molecule has 0 aliphatic carbocycles. The van der Waals surface area contributed by atoms with Crippen molar-refractivity contribution >= 4 is 11.5 Å². The zero-order chi connectivity index (χ0) is 14.1. The van der Waals surface area contributed by atoms with Crippen molar-refractivity contribution in [3.05, 3.63) is 51.8 Å². The highest BCUT2D eigenvalue weighted by atomic mass is 16.5. The summed E-state index contributed by atoms with van der Waals surface area (Å²) in [5.41, 5.74) is 3.12. The summed E-state index contributed by atoms with van der Waals surface area (Å²) < 4.78 is 4.95. The number of hydrogen-bond donors (Lipinski definition) is 2. The molecular weight excluding hydrogens is 256 g/mol. The lowest BCUT2D eigenvalue weighted by Crippen LogP contribution is -2.07. The van der Waals surface area contributed by atoms with Gasteiger partial charge in [0.2, 0.25) is 0 Å². The van der Waals surface area contributed by atoms with E-state index in [-0.39, 0.29) is 11.5 Å². The van der Waals surface area contributed by atoms with E-state index in [1.807, 2.05) is 30.3 Å². The Labute approximate surface area is 115 Å². The molecular formula is C15H14N2O3. The number of H-pyrrole nitrogens is 2. The summed E-state index contributed by atoms with van der Waals surface area (Å²) in [5.74, 6) is -0.331. The van der Waals surface area contributed by atoms with Gasteiger partial charge in [-0.25, -0.2) is 4.79 Å². The molecule has 1 aromatic carbocycles. The molecule has 2 N–H and O–H groups in total. The second-order valence-electron chi connectivity index (χ2n) is 4.68. The second-order valence-corrected chi connectivity index (χ2v) is 4.68. The number of nitrogens with one attached hydrogen (secondary N) is 2.